The molecule has 0 saturated carbocycles. The number of carbonyl (C=O) groups is 3. The van der Waals surface area contributed by atoms with E-state index in [2.05, 4.69) is 15.5 Å². The molecule has 3 atom stereocenters. The van der Waals surface area contributed by atoms with Crippen LogP contribution >= 0.6 is 11.6 Å². The Morgan fingerprint density at radius 2 is 1.68 bits per heavy atom. The Bertz CT molecular complexity index is 1510. The summed E-state index contributed by atoms with van der Waals surface area (Å²) < 4.78 is 11.8. The van der Waals surface area contributed by atoms with Crippen LogP contribution in [0.3, 0.4) is 0 Å². The zero-order valence-electron chi connectivity index (χ0n) is 25.0. The highest BCUT2D eigenvalue weighted by Crippen LogP contribution is 2.30. The van der Waals surface area contributed by atoms with Crippen LogP contribution in [0.4, 0.5) is 21.9 Å². The third kappa shape index (κ3) is 8.21. The van der Waals surface area contributed by atoms with Gasteiger partial charge in [-0.3, -0.25) is 9.59 Å². The number of carbonyl (C=O) groups excluding carboxylic acids is 3. The number of nitrogens with one attached hydrogen (secondary N) is 1. The molecule has 3 aromatic carbocycles. The van der Waals surface area contributed by atoms with Crippen LogP contribution < -0.4 is 5.32 Å². The average molecular weight is 618 g/mol. The molecule has 3 amide bonds. The lowest BCUT2D eigenvalue weighted by atomic mass is 10.0. The molecule has 0 spiro atoms. The lowest BCUT2D eigenvalue weighted by molar-refractivity contribution is -0.168. The van der Waals surface area contributed by atoms with Gasteiger partial charge in [-0.1, -0.05) is 41.9 Å². The number of hydrogen-bond acceptors (Lipinski definition) is 7. The third-order valence-corrected chi connectivity index (χ3v) is 7.51. The minimum Gasteiger partial charge on any atom is -0.444 e. The second-order valence-electron chi connectivity index (χ2n) is 11.9. The van der Waals surface area contributed by atoms with Gasteiger partial charge in [-0.15, -0.1) is 0 Å². The fourth-order valence-corrected chi connectivity index (χ4v) is 5.45. The number of benzene rings is 3. The Kier molecular flexibility index (Phi) is 9.61. The van der Waals surface area contributed by atoms with Gasteiger partial charge in [0.1, 0.15) is 11.7 Å². The van der Waals surface area contributed by atoms with Crippen molar-refractivity contribution in [3.8, 4) is 0 Å². The van der Waals surface area contributed by atoms with Crippen molar-refractivity contribution in [2.75, 3.05) is 25.0 Å². The molecule has 11 heteroatoms. The Hall–Kier alpha value is -4.28. The number of halogens is 1. The van der Waals surface area contributed by atoms with Gasteiger partial charge in [-0.25, -0.2) is 4.79 Å². The fourth-order valence-electron chi connectivity index (χ4n) is 5.24. The maximum atomic E-state index is 13.7. The first-order chi connectivity index (χ1) is 21.0. The summed E-state index contributed by atoms with van der Waals surface area (Å²) in [5.41, 5.74) is 2.26. The van der Waals surface area contributed by atoms with E-state index in [4.69, 9.17) is 21.1 Å². The normalized spacial score (nSPS) is 20.1. The molecule has 3 unspecified atom stereocenters. The predicted octanol–water partition coefficient (Wildman–Crippen LogP) is 6.54. The highest BCUT2D eigenvalue weighted by Gasteiger charge is 2.49. The van der Waals surface area contributed by atoms with Crippen molar-refractivity contribution < 1.29 is 23.9 Å². The molecule has 2 saturated heterocycles. The molecule has 2 aliphatic rings. The summed E-state index contributed by atoms with van der Waals surface area (Å²) in [6.45, 7) is 6.36. The van der Waals surface area contributed by atoms with Gasteiger partial charge in [0.05, 0.1) is 36.5 Å². The highest BCUT2D eigenvalue weighted by atomic mass is 35.5. The molecule has 10 nitrogen and oxygen atoms in total. The molecular formula is C33H36ClN5O5. The molecule has 2 aliphatic heterocycles. The van der Waals surface area contributed by atoms with Gasteiger partial charge in [-0.05, 0) is 81.3 Å². The standard InChI is InChI=1S/C33H36ClN5O5/c1-33(2,3)44-32(42)38-20-27-29(21-38)43-28(31(41)39(27)17-16-22-8-7-9-23(34)18-22)19-30(40)35-24-12-14-26(15-13-24)37-36-25-10-5-4-6-11-25/h4-15,18,27-29H,16-17,19-21H2,1-3H3,(H,35,40). The molecule has 5 rings (SSSR count). The van der Waals surface area contributed by atoms with E-state index in [1.165, 1.54) is 0 Å². The number of ether oxygens (including phenoxy) is 2. The molecule has 0 bridgehead atoms. The zero-order chi connectivity index (χ0) is 31.3. The quantitative estimate of drug-likeness (QED) is 0.288. The molecule has 44 heavy (non-hydrogen) atoms. The Balaban J connectivity index is 1.25. The number of azo groups is 1. The maximum Gasteiger partial charge on any atom is 0.410 e. The SMILES string of the molecule is CC(C)(C)OC(=O)N1CC2OC(CC(=O)Nc3ccc(N=Nc4ccccc4)cc3)C(=O)N(CCc3cccc(Cl)c3)C2C1. The van der Waals surface area contributed by atoms with Gasteiger partial charge in [0, 0.05) is 23.8 Å². The van der Waals surface area contributed by atoms with Gasteiger partial charge in [0.15, 0.2) is 0 Å². The predicted molar refractivity (Wildman–Crippen MR) is 167 cm³/mol. The first-order valence-corrected chi connectivity index (χ1v) is 15.0. The molecule has 0 aromatic heterocycles. The average Bonchev–Trinajstić information content (AvgIpc) is 3.41. The summed E-state index contributed by atoms with van der Waals surface area (Å²) in [6.07, 6.45) is -1.51. The molecule has 3 aromatic rings. The van der Waals surface area contributed by atoms with Gasteiger partial charge < -0.3 is 24.6 Å². The van der Waals surface area contributed by atoms with E-state index in [0.29, 0.717) is 29.4 Å². The molecule has 230 valence electrons. The molecule has 2 fully saturated rings. The van der Waals surface area contributed by atoms with E-state index in [1.807, 2.05) is 69.3 Å². The van der Waals surface area contributed by atoms with Gasteiger partial charge in [0.25, 0.3) is 5.91 Å². The summed E-state index contributed by atoms with van der Waals surface area (Å²) in [7, 11) is 0. The number of nitrogens with zero attached hydrogens (tertiary/aromatic N) is 4. The zero-order valence-corrected chi connectivity index (χ0v) is 25.7. The monoisotopic (exact) mass is 617 g/mol. The van der Waals surface area contributed by atoms with E-state index >= 15 is 0 Å². The van der Waals surface area contributed by atoms with Crippen molar-refractivity contribution in [3.63, 3.8) is 0 Å². The summed E-state index contributed by atoms with van der Waals surface area (Å²) in [5.74, 6) is -0.650. The number of hydrogen-bond donors (Lipinski definition) is 1. The van der Waals surface area contributed by atoms with Crippen LogP contribution in [0.2, 0.25) is 5.02 Å². The van der Waals surface area contributed by atoms with Crippen LogP contribution in [-0.4, -0.2) is 71.2 Å². The minimum atomic E-state index is -0.992. The van der Waals surface area contributed by atoms with Crippen LogP contribution in [0.5, 0.6) is 0 Å². The van der Waals surface area contributed by atoms with Crippen molar-refractivity contribution in [3.05, 3.63) is 89.4 Å². The summed E-state index contributed by atoms with van der Waals surface area (Å²) >= 11 is 6.17. The topological polar surface area (TPSA) is 113 Å². The van der Waals surface area contributed by atoms with Crippen LogP contribution in [0.25, 0.3) is 0 Å². The van der Waals surface area contributed by atoms with Crippen LogP contribution in [0, 0.1) is 0 Å². The number of amides is 3. The summed E-state index contributed by atoms with van der Waals surface area (Å²) in [5, 5.41) is 11.9. The van der Waals surface area contributed by atoms with E-state index in [0.717, 1.165) is 11.3 Å². The summed E-state index contributed by atoms with van der Waals surface area (Å²) in [6, 6.07) is 23.5. The lowest BCUT2D eigenvalue weighted by Gasteiger charge is -2.40. The van der Waals surface area contributed by atoms with Crippen LogP contribution in [0.1, 0.15) is 32.8 Å². The van der Waals surface area contributed by atoms with Gasteiger partial charge in [-0.2, -0.15) is 10.2 Å². The molecule has 1 N–H and O–H groups in total. The van der Waals surface area contributed by atoms with E-state index in [1.54, 1.807) is 40.1 Å². The first kappa shape index (κ1) is 31.2. The Morgan fingerprint density at radius 1 is 0.977 bits per heavy atom. The highest BCUT2D eigenvalue weighted by molar-refractivity contribution is 6.30. The lowest BCUT2D eigenvalue weighted by Crippen LogP contribution is -2.59. The summed E-state index contributed by atoms with van der Waals surface area (Å²) in [4.78, 5) is 43.0. The van der Waals surface area contributed by atoms with E-state index < -0.39 is 23.9 Å². The number of fused-ring (bicyclic) bond motifs is 1. The second kappa shape index (κ2) is 13.6. The smallest absolute Gasteiger partial charge is 0.410 e. The van der Waals surface area contributed by atoms with Gasteiger partial charge in [0.2, 0.25) is 5.91 Å². The largest absolute Gasteiger partial charge is 0.444 e. The van der Waals surface area contributed by atoms with Crippen LogP contribution in [-0.2, 0) is 25.5 Å². The molecular weight excluding hydrogens is 582 g/mol. The van der Waals surface area contributed by atoms with Crippen LogP contribution in [0.15, 0.2) is 89.1 Å². The van der Waals surface area contributed by atoms with E-state index in [9.17, 15) is 14.4 Å². The maximum absolute atomic E-state index is 13.7. The van der Waals surface area contributed by atoms with Crippen molar-refractivity contribution in [2.45, 2.75) is 57.5 Å². The number of rotatable bonds is 8. The number of anilines is 1. The Morgan fingerprint density at radius 3 is 2.36 bits per heavy atom. The fraction of sp³-hybridized carbons (Fsp3) is 0.364. The number of likely N-dealkylation sites (tertiary alicyclic amines) is 1. The van der Waals surface area contributed by atoms with Crippen molar-refractivity contribution in [1.82, 2.24) is 9.80 Å². The number of morpholine rings is 1. The Labute approximate surface area is 262 Å². The van der Waals surface area contributed by atoms with Crippen molar-refractivity contribution >= 4 is 46.6 Å². The molecule has 2 heterocycles. The van der Waals surface area contributed by atoms with Gasteiger partial charge >= 0.3 is 6.09 Å². The third-order valence-electron chi connectivity index (χ3n) is 7.28. The van der Waals surface area contributed by atoms with Crippen molar-refractivity contribution in [1.29, 1.82) is 0 Å². The van der Waals surface area contributed by atoms with E-state index in [-0.39, 0.29) is 37.4 Å². The van der Waals surface area contributed by atoms with Crippen molar-refractivity contribution in [2.24, 2.45) is 10.2 Å². The first-order valence-electron chi connectivity index (χ1n) is 14.6. The molecule has 0 radical (unpaired) electrons. The molecule has 0 aliphatic carbocycles. The second-order valence-corrected chi connectivity index (χ2v) is 12.3. The minimum absolute atomic E-state index is 0.169.